The molecular weight excluding hydrogens is 269 g/mol. The third-order valence-electron chi connectivity index (χ3n) is 4.29. The molecule has 0 saturated heterocycles. The van der Waals surface area contributed by atoms with Crippen LogP contribution in [0, 0.1) is 11.2 Å². The lowest BCUT2D eigenvalue weighted by Crippen LogP contribution is -2.47. The molecule has 0 radical (unpaired) electrons. The third-order valence-corrected chi connectivity index (χ3v) is 4.29. The zero-order chi connectivity index (χ0) is 15.5. The number of carbonyl (C=O) groups is 1. The van der Waals surface area contributed by atoms with Crippen LogP contribution in [0.5, 0.6) is 0 Å². The first kappa shape index (κ1) is 15.7. The van der Waals surface area contributed by atoms with Crippen LogP contribution >= 0.6 is 0 Å². The number of nitrogens with one attached hydrogen (secondary N) is 2. The molecule has 1 aromatic heterocycles. The molecule has 1 unspecified atom stereocenters. The van der Waals surface area contributed by atoms with E-state index in [1.165, 1.54) is 18.7 Å². The minimum atomic E-state index is -0.578. The maximum absolute atomic E-state index is 14.3. The summed E-state index contributed by atoms with van der Waals surface area (Å²) < 4.78 is 14.3. The second-order valence-electron chi connectivity index (χ2n) is 6.31. The monoisotopic (exact) mass is 293 g/mol. The van der Waals surface area contributed by atoms with Gasteiger partial charge in [-0.3, -0.25) is 4.79 Å². The van der Waals surface area contributed by atoms with Gasteiger partial charge in [-0.15, -0.1) is 0 Å². The van der Waals surface area contributed by atoms with Gasteiger partial charge in [0.05, 0.1) is 5.56 Å². The topological polar surface area (TPSA) is 54.0 Å². The van der Waals surface area contributed by atoms with E-state index in [0.29, 0.717) is 6.54 Å². The van der Waals surface area contributed by atoms with Gasteiger partial charge in [-0.05, 0) is 31.2 Å². The van der Waals surface area contributed by atoms with Crippen LogP contribution in [0.15, 0.2) is 12.3 Å². The van der Waals surface area contributed by atoms with Gasteiger partial charge in [-0.2, -0.15) is 0 Å². The zero-order valence-electron chi connectivity index (χ0n) is 13.0. The lowest BCUT2D eigenvalue weighted by molar-refractivity contribution is 0.0849. The molecule has 1 aliphatic carbocycles. The van der Waals surface area contributed by atoms with Crippen molar-refractivity contribution < 1.29 is 9.18 Å². The van der Waals surface area contributed by atoms with Gasteiger partial charge in [-0.25, -0.2) is 9.37 Å². The highest BCUT2D eigenvalue weighted by molar-refractivity contribution is 5.95. The van der Waals surface area contributed by atoms with E-state index < -0.39 is 5.82 Å². The number of nitrogens with zero attached hydrogens (tertiary/aromatic N) is 1. The second kappa shape index (κ2) is 6.41. The molecule has 4 nitrogen and oxygen atoms in total. The lowest BCUT2D eigenvalue weighted by atomic mass is 9.73. The minimum absolute atomic E-state index is 0.0575. The number of hydrogen-bond acceptors (Lipinski definition) is 3. The summed E-state index contributed by atoms with van der Waals surface area (Å²) >= 11 is 0. The molecule has 1 aromatic rings. The van der Waals surface area contributed by atoms with Crippen LogP contribution < -0.4 is 10.6 Å². The highest BCUT2D eigenvalue weighted by Crippen LogP contribution is 2.35. The molecule has 1 fully saturated rings. The average molecular weight is 293 g/mol. The predicted octanol–water partition coefficient (Wildman–Crippen LogP) is 3.35. The van der Waals surface area contributed by atoms with E-state index in [4.69, 9.17) is 0 Å². The van der Waals surface area contributed by atoms with Crippen molar-refractivity contribution in [3.05, 3.63) is 23.6 Å². The van der Waals surface area contributed by atoms with Crippen LogP contribution in [0.4, 0.5) is 10.2 Å². The summed E-state index contributed by atoms with van der Waals surface area (Å²) in [5.41, 5.74) is 0.115. The van der Waals surface area contributed by atoms with Crippen molar-refractivity contribution in [2.45, 2.75) is 52.5 Å². The second-order valence-corrected chi connectivity index (χ2v) is 6.31. The van der Waals surface area contributed by atoms with Crippen molar-refractivity contribution in [1.82, 2.24) is 10.3 Å². The number of halogens is 1. The number of rotatable bonds is 4. The zero-order valence-corrected chi connectivity index (χ0v) is 13.0. The van der Waals surface area contributed by atoms with Crippen LogP contribution in [-0.4, -0.2) is 23.5 Å². The standard InChI is InChI=1S/C16H24FN3O/c1-4-18-14-13(17)11(8-10-19-14)15(21)20-12-7-5-6-9-16(12,2)3/h8,10,12H,4-7,9H2,1-3H3,(H,18,19)(H,20,21). The summed E-state index contributed by atoms with van der Waals surface area (Å²) in [5, 5.41) is 5.83. The molecule has 0 bridgehead atoms. The van der Waals surface area contributed by atoms with Gasteiger partial charge in [0, 0.05) is 18.8 Å². The Morgan fingerprint density at radius 2 is 2.24 bits per heavy atom. The molecule has 5 heteroatoms. The van der Waals surface area contributed by atoms with Gasteiger partial charge in [0.2, 0.25) is 0 Å². The highest BCUT2D eigenvalue weighted by Gasteiger charge is 2.33. The summed E-state index contributed by atoms with van der Waals surface area (Å²) in [6, 6.07) is 1.52. The molecule has 0 aliphatic heterocycles. The maximum atomic E-state index is 14.3. The van der Waals surface area contributed by atoms with Gasteiger partial charge in [-0.1, -0.05) is 26.7 Å². The fourth-order valence-corrected chi connectivity index (χ4v) is 2.91. The van der Waals surface area contributed by atoms with Crippen molar-refractivity contribution in [3.8, 4) is 0 Å². The van der Waals surface area contributed by atoms with Gasteiger partial charge in [0.1, 0.15) is 0 Å². The molecule has 1 atom stereocenters. The van der Waals surface area contributed by atoms with Gasteiger partial charge >= 0.3 is 0 Å². The summed E-state index contributed by atoms with van der Waals surface area (Å²) in [4.78, 5) is 16.3. The van der Waals surface area contributed by atoms with Gasteiger partial charge in [0.25, 0.3) is 5.91 Å². The highest BCUT2D eigenvalue weighted by atomic mass is 19.1. The first-order chi connectivity index (χ1) is 9.95. The van der Waals surface area contributed by atoms with Crippen LogP contribution in [0.1, 0.15) is 56.8 Å². The number of hydrogen-bond donors (Lipinski definition) is 2. The van der Waals surface area contributed by atoms with Gasteiger partial charge in [0.15, 0.2) is 11.6 Å². The average Bonchev–Trinajstić information content (AvgIpc) is 2.43. The van der Waals surface area contributed by atoms with E-state index >= 15 is 0 Å². The molecule has 21 heavy (non-hydrogen) atoms. The molecular formula is C16H24FN3O. The van der Waals surface area contributed by atoms with Gasteiger partial charge < -0.3 is 10.6 Å². The molecule has 2 rings (SSSR count). The van der Waals surface area contributed by atoms with Crippen LogP contribution in [0.25, 0.3) is 0 Å². The number of pyridine rings is 1. The number of aromatic nitrogens is 1. The van der Waals surface area contributed by atoms with E-state index in [-0.39, 0.29) is 28.7 Å². The van der Waals surface area contributed by atoms with Crippen molar-refractivity contribution in [3.63, 3.8) is 0 Å². The maximum Gasteiger partial charge on any atom is 0.254 e. The quantitative estimate of drug-likeness (QED) is 0.895. The summed E-state index contributed by atoms with van der Waals surface area (Å²) in [7, 11) is 0. The summed E-state index contributed by atoms with van der Waals surface area (Å²) in [5.74, 6) is -0.799. The van der Waals surface area contributed by atoms with Crippen LogP contribution in [0.3, 0.4) is 0 Å². The molecule has 0 aromatic carbocycles. The molecule has 1 heterocycles. The molecule has 2 N–H and O–H groups in total. The Morgan fingerprint density at radius 1 is 1.48 bits per heavy atom. The Kier molecular flexibility index (Phi) is 4.80. The minimum Gasteiger partial charge on any atom is -0.368 e. The Bertz CT molecular complexity index is 516. The Labute approximate surface area is 125 Å². The van der Waals surface area contributed by atoms with Crippen LogP contribution in [0.2, 0.25) is 0 Å². The molecule has 1 saturated carbocycles. The molecule has 116 valence electrons. The van der Waals surface area contributed by atoms with E-state index in [1.807, 2.05) is 6.92 Å². The van der Waals surface area contributed by atoms with Crippen molar-refractivity contribution in [2.24, 2.45) is 5.41 Å². The predicted molar refractivity (Wildman–Crippen MR) is 81.9 cm³/mol. The van der Waals surface area contributed by atoms with E-state index in [0.717, 1.165) is 19.3 Å². The van der Waals surface area contributed by atoms with Crippen molar-refractivity contribution >= 4 is 11.7 Å². The van der Waals surface area contributed by atoms with E-state index in [9.17, 15) is 9.18 Å². The van der Waals surface area contributed by atoms with E-state index in [1.54, 1.807) is 0 Å². The number of anilines is 1. The largest absolute Gasteiger partial charge is 0.368 e. The fraction of sp³-hybridized carbons (Fsp3) is 0.625. The molecule has 1 aliphatic rings. The number of amides is 1. The Morgan fingerprint density at radius 3 is 2.90 bits per heavy atom. The fourth-order valence-electron chi connectivity index (χ4n) is 2.91. The Balaban J connectivity index is 2.15. The Hall–Kier alpha value is -1.65. The smallest absolute Gasteiger partial charge is 0.254 e. The molecule has 0 spiro atoms. The SMILES string of the molecule is CCNc1nccc(C(=O)NC2CCCCC2(C)C)c1F. The normalized spacial score (nSPS) is 20.9. The summed E-state index contributed by atoms with van der Waals surface area (Å²) in [6.45, 7) is 6.73. The third kappa shape index (κ3) is 3.52. The number of carbonyl (C=O) groups excluding carboxylic acids is 1. The van der Waals surface area contributed by atoms with Crippen LogP contribution in [-0.2, 0) is 0 Å². The first-order valence-corrected chi connectivity index (χ1v) is 7.65. The van der Waals surface area contributed by atoms with E-state index in [2.05, 4.69) is 29.5 Å². The lowest BCUT2D eigenvalue weighted by Gasteiger charge is -2.39. The first-order valence-electron chi connectivity index (χ1n) is 7.65. The summed E-state index contributed by atoms with van der Waals surface area (Å²) in [6.07, 6.45) is 5.79. The van der Waals surface area contributed by atoms with Crippen molar-refractivity contribution in [1.29, 1.82) is 0 Å². The molecule has 1 amide bonds. The van der Waals surface area contributed by atoms with Crippen molar-refractivity contribution in [2.75, 3.05) is 11.9 Å².